The van der Waals surface area contributed by atoms with Crippen LogP contribution in [-0.4, -0.2) is 73.5 Å². The molecule has 26 heavy (non-hydrogen) atoms. The van der Waals surface area contributed by atoms with Gasteiger partial charge >= 0.3 is 5.97 Å². The van der Waals surface area contributed by atoms with Crippen molar-refractivity contribution in [3.8, 4) is 5.75 Å². The predicted molar refractivity (Wildman–Crippen MR) is 95.9 cm³/mol. The number of phenolic OH excluding ortho intramolecular Hbond substituents is 1. The summed E-state index contributed by atoms with van der Waals surface area (Å²) >= 11 is 0. The third kappa shape index (κ3) is 4.95. The Hall–Kier alpha value is -2.61. The summed E-state index contributed by atoms with van der Waals surface area (Å²) in [7, 11) is 5.19. The topological polar surface area (TPSA) is 99.2 Å². The van der Waals surface area contributed by atoms with Crippen molar-refractivity contribution in [3.05, 3.63) is 23.8 Å². The molecule has 8 heteroatoms. The Kier molecular flexibility index (Phi) is 6.57. The number of carbonyl (C=O) groups is 3. The zero-order valence-electron chi connectivity index (χ0n) is 15.3. The maximum Gasteiger partial charge on any atom is 0.337 e. The number of hydrogen-bond acceptors (Lipinski definition) is 6. The molecule has 142 valence electrons. The molecule has 2 amide bonds. The molecular weight excluding hydrogens is 338 g/mol. The Morgan fingerprint density at radius 2 is 2.12 bits per heavy atom. The molecule has 1 aromatic rings. The van der Waals surface area contributed by atoms with E-state index in [9.17, 15) is 19.5 Å². The van der Waals surface area contributed by atoms with Crippen LogP contribution in [0.15, 0.2) is 18.2 Å². The van der Waals surface area contributed by atoms with Crippen LogP contribution in [0.25, 0.3) is 0 Å². The largest absolute Gasteiger partial charge is 0.506 e. The summed E-state index contributed by atoms with van der Waals surface area (Å²) in [6.07, 6.45) is 1.01. The van der Waals surface area contributed by atoms with Crippen molar-refractivity contribution in [1.82, 2.24) is 9.80 Å². The number of ether oxygens (including phenoxy) is 1. The van der Waals surface area contributed by atoms with Crippen LogP contribution >= 0.6 is 0 Å². The molecule has 0 aromatic heterocycles. The van der Waals surface area contributed by atoms with Crippen molar-refractivity contribution < 1.29 is 24.2 Å². The molecule has 0 bridgehead atoms. The fourth-order valence-corrected chi connectivity index (χ4v) is 2.86. The molecule has 0 saturated carbocycles. The van der Waals surface area contributed by atoms with Crippen LogP contribution < -0.4 is 5.32 Å². The fraction of sp³-hybridized carbons (Fsp3) is 0.500. The average molecular weight is 363 g/mol. The van der Waals surface area contributed by atoms with E-state index in [4.69, 9.17) is 0 Å². The normalized spacial score (nSPS) is 16.8. The number of esters is 1. The second kappa shape index (κ2) is 8.66. The molecule has 0 aliphatic carbocycles. The van der Waals surface area contributed by atoms with Crippen LogP contribution in [0.5, 0.6) is 5.75 Å². The van der Waals surface area contributed by atoms with Crippen molar-refractivity contribution in [3.63, 3.8) is 0 Å². The molecule has 0 radical (unpaired) electrons. The van der Waals surface area contributed by atoms with Gasteiger partial charge in [0.1, 0.15) is 5.75 Å². The molecule has 1 heterocycles. The zero-order valence-corrected chi connectivity index (χ0v) is 15.3. The first-order valence-electron chi connectivity index (χ1n) is 8.46. The van der Waals surface area contributed by atoms with Crippen molar-refractivity contribution in [2.24, 2.45) is 5.92 Å². The summed E-state index contributed by atoms with van der Waals surface area (Å²) in [5.41, 5.74) is 0.382. The molecular formula is C18H25N3O5. The van der Waals surface area contributed by atoms with E-state index in [0.29, 0.717) is 13.1 Å². The predicted octanol–water partition coefficient (Wildman–Crippen LogP) is 0.917. The lowest BCUT2D eigenvalue weighted by atomic mass is 10.1. The summed E-state index contributed by atoms with van der Waals surface area (Å²) < 4.78 is 4.58. The minimum atomic E-state index is -0.576. The maximum atomic E-state index is 12.4. The van der Waals surface area contributed by atoms with Gasteiger partial charge in [0.05, 0.1) is 24.3 Å². The van der Waals surface area contributed by atoms with E-state index >= 15 is 0 Å². The van der Waals surface area contributed by atoms with Crippen molar-refractivity contribution in [2.45, 2.75) is 12.8 Å². The SMILES string of the molecule is COC(=O)c1ccc(NC(=O)C2CC(=O)N(CCCN(C)C)C2)c(O)c1. The number of carbonyl (C=O) groups excluding carboxylic acids is 3. The van der Waals surface area contributed by atoms with Crippen LogP contribution in [0.2, 0.25) is 0 Å². The monoisotopic (exact) mass is 363 g/mol. The Balaban J connectivity index is 1.94. The molecule has 2 N–H and O–H groups in total. The van der Waals surface area contributed by atoms with Gasteiger partial charge in [-0.1, -0.05) is 0 Å². The number of nitrogens with zero attached hydrogens (tertiary/aromatic N) is 2. The fourth-order valence-electron chi connectivity index (χ4n) is 2.86. The number of likely N-dealkylation sites (tertiary alicyclic amines) is 1. The number of rotatable bonds is 7. The van der Waals surface area contributed by atoms with Crippen molar-refractivity contribution >= 4 is 23.5 Å². The lowest BCUT2D eigenvalue weighted by molar-refractivity contribution is -0.128. The highest BCUT2D eigenvalue weighted by molar-refractivity contribution is 5.99. The van der Waals surface area contributed by atoms with E-state index in [-0.39, 0.29) is 35.2 Å². The minimum Gasteiger partial charge on any atom is -0.506 e. The van der Waals surface area contributed by atoms with Gasteiger partial charge in [-0.15, -0.1) is 0 Å². The number of methoxy groups -OCH3 is 1. The van der Waals surface area contributed by atoms with Gasteiger partial charge < -0.3 is 25.0 Å². The standard InChI is InChI=1S/C18H25N3O5/c1-20(2)7-4-8-21-11-13(10-16(21)23)17(24)19-14-6-5-12(9-15(14)22)18(25)26-3/h5-6,9,13,22H,4,7-8,10-11H2,1-3H3,(H,19,24). The summed E-state index contributed by atoms with van der Waals surface area (Å²) in [5, 5.41) is 12.6. The van der Waals surface area contributed by atoms with E-state index < -0.39 is 11.9 Å². The van der Waals surface area contributed by atoms with E-state index in [1.54, 1.807) is 4.90 Å². The number of aromatic hydroxyl groups is 1. The number of anilines is 1. The maximum absolute atomic E-state index is 12.4. The lowest BCUT2D eigenvalue weighted by Crippen LogP contribution is -2.30. The van der Waals surface area contributed by atoms with E-state index in [1.165, 1.54) is 25.3 Å². The van der Waals surface area contributed by atoms with Crippen LogP contribution in [-0.2, 0) is 14.3 Å². The lowest BCUT2D eigenvalue weighted by Gasteiger charge is -2.18. The van der Waals surface area contributed by atoms with Gasteiger partial charge in [-0.05, 0) is 45.3 Å². The quantitative estimate of drug-likeness (QED) is 0.552. The Morgan fingerprint density at radius 3 is 2.73 bits per heavy atom. The highest BCUT2D eigenvalue weighted by Gasteiger charge is 2.34. The highest BCUT2D eigenvalue weighted by atomic mass is 16.5. The summed E-state index contributed by atoms with van der Waals surface area (Å²) in [5.74, 6) is -1.62. The third-order valence-electron chi connectivity index (χ3n) is 4.30. The van der Waals surface area contributed by atoms with E-state index in [0.717, 1.165) is 13.0 Å². The highest BCUT2D eigenvalue weighted by Crippen LogP contribution is 2.27. The van der Waals surface area contributed by atoms with Gasteiger partial charge in [0.25, 0.3) is 0 Å². The van der Waals surface area contributed by atoms with Crippen LogP contribution in [0.3, 0.4) is 0 Å². The molecule has 1 aliphatic heterocycles. The summed E-state index contributed by atoms with van der Waals surface area (Å²) in [4.78, 5) is 39.7. The molecule has 8 nitrogen and oxygen atoms in total. The molecule has 1 atom stereocenters. The first-order chi connectivity index (χ1) is 12.3. The third-order valence-corrected chi connectivity index (χ3v) is 4.30. The molecule has 1 unspecified atom stereocenters. The minimum absolute atomic E-state index is 0.0332. The second-order valence-electron chi connectivity index (χ2n) is 6.61. The average Bonchev–Trinajstić information content (AvgIpc) is 2.96. The van der Waals surface area contributed by atoms with Gasteiger partial charge in [0.15, 0.2) is 0 Å². The Labute approximate surface area is 152 Å². The first kappa shape index (κ1) is 19.7. The number of benzene rings is 1. The van der Waals surface area contributed by atoms with Crippen molar-refractivity contribution in [1.29, 1.82) is 0 Å². The molecule has 1 aromatic carbocycles. The smallest absolute Gasteiger partial charge is 0.337 e. The van der Waals surface area contributed by atoms with E-state index in [2.05, 4.69) is 10.1 Å². The van der Waals surface area contributed by atoms with Crippen LogP contribution in [0, 0.1) is 5.92 Å². The molecule has 2 rings (SSSR count). The number of hydrogen-bond donors (Lipinski definition) is 2. The van der Waals surface area contributed by atoms with Gasteiger partial charge in [-0.3, -0.25) is 9.59 Å². The van der Waals surface area contributed by atoms with Crippen LogP contribution in [0.1, 0.15) is 23.2 Å². The number of amides is 2. The Morgan fingerprint density at radius 1 is 1.38 bits per heavy atom. The van der Waals surface area contributed by atoms with Crippen LogP contribution in [0.4, 0.5) is 5.69 Å². The number of phenols is 1. The van der Waals surface area contributed by atoms with Gasteiger partial charge in [-0.25, -0.2) is 4.79 Å². The van der Waals surface area contributed by atoms with Gasteiger partial charge in [0, 0.05) is 19.5 Å². The summed E-state index contributed by atoms with van der Waals surface area (Å²) in [6, 6.07) is 4.12. The molecule has 1 saturated heterocycles. The zero-order chi connectivity index (χ0) is 19.3. The number of nitrogens with one attached hydrogen (secondary N) is 1. The first-order valence-corrected chi connectivity index (χ1v) is 8.46. The summed E-state index contributed by atoms with van der Waals surface area (Å²) in [6.45, 7) is 1.88. The second-order valence-corrected chi connectivity index (χ2v) is 6.61. The van der Waals surface area contributed by atoms with E-state index in [1.807, 2.05) is 19.0 Å². The molecule has 1 fully saturated rings. The molecule has 0 spiro atoms. The van der Waals surface area contributed by atoms with Gasteiger partial charge in [0.2, 0.25) is 11.8 Å². The molecule has 1 aliphatic rings. The van der Waals surface area contributed by atoms with Crippen molar-refractivity contribution in [2.75, 3.05) is 46.2 Å². The Bertz CT molecular complexity index is 689. The van der Waals surface area contributed by atoms with Gasteiger partial charge in [-0.2, -0.15) is 0 Å².